The molecule has 0 saturated carbocycles. The van der Waals surface area contributed by atoms with Crippen molar-refractivity contribution in [2.45, 2.75) is 20.8 Å². The maximum absolute atomic E-state index is 11.5. The molecule has 0 spiro atoms. The number of aryl methyl sites for hydroxylation is 1. The molecule has 3 aromatic rings. The SMILES string of the molecule is CC(=O)Nc1cccc(-c2ccccc2-n2c(C)cc(C(=O)O)c2C)c1. The van der Waals surface area contributed by atoms with E-state index in [1.54, 1.807) is 13.0 Å². The van der Waals surface area contributed by atoms with E-state index in [0.29, 0.717) is 11.3 Å². The summed E-state index contributed by atoms with van der Waals surface area (Å²) in [5, 5.41) is 12.2. The highest BCUT2D eigenvalue weighted by atomic mass is 16.4. The van der Waals surface area contributed by atoms with Crippen molar-refractivity contribution in [3.63, 3.8) is 0 Å². The molecule has 0 unspecified atom stereocenters. The highest BCUT2D eigenvalue weighted by molar-refractivity contribution is 5.91. The second kappa shape index (κ2) is 6.88. The van der Waals surface area contributed by atoms with Gasteiger partial charge in [0.05, 0.1) is 11.3 Å². The molecule has 1 aromatic heterocycles. The van der Waals surface area contributed by atoms with E-state index in [2.05, 4.69) is 5.32 Å². The average Bonchev–Trinajstić information content (AvgIpc) is 2.89. The normalized spacial score (nSPS) is 10.6. The van der Waals surface area contributed by atoms with Gasteiger partial charge in [-0.25, -0.2) is 4.79 Å². The number of nitrogens with one attached hydrogen (secondary N) is 1. The second-order valence-corrected chi connectivity index (χ2v) is 6.20. The summed E-state index contributed by atoms with van der Waals surface area (Å²) >= 11 is 0. The summed E-state index contributed by atoms with van der Waals surface area (Å²) in [6, 6.07) is 17.1. The van der Waals surface area contributed by atoms with Crippen LogP contribution in [0.3, 0.4) is 0 Å². The molecule has 3 rings (SSSR count). The minimum absolute atomic E-state index is 0.126. The molecular formula is C21H20N2O3. The van der Waals surface area contributed by atoms with Crippen molar-refractivity contribution in [3.05, 3.63) is 71.5 Å². The van der Waals surface area contributed by atoms with E-state index in [-0.39, 0.29) is 5.91 Å². The van der Waals surface area contributed by atoms with Gasteiger partial charge in [0.15, 0.2) is 0 Å². The van der Waals surface area contributed by atoms with Gasteiger partial charge >= 0.3 is 5.97 Å². The van der Waals surface area contributed by atoms with Crippen LogP contribution in [0.5, 0.6) is 0 Å². The van der Waals surface area contributed by atoms with Crippen molar-refractivity contribution in [2.75, 3.05) is 5.32 Å². The Morgan fingerprint density at radius 2 is 1.73 bits per heavy atom. The van der Waals surface area contributed by atoms with Crippen LogP contribution in [-0.2, 0) is 4.79 Å². The molecule has 132 valence electrons. The van der Waals surface area contributed by atoms with Gasteiger partial charge in [-0.1, -0.05) is 30.3 Å². The number of para-hydroxylation sites is 1. The van der Waals surface area contributed by atoms with Crippen LogP contribution in [0.1, 0.15) is 28.7 Å². The summed E-state index contributed by atoms with van der Waals surface area (Å²) < 4.78 is 1.95. The molecule has 0 aliphatic rings. The van der Waals surface area contributed by atoms with E-state index in [9.17, 15) is 14.7 Å². The molecule has 0 saturated heterocycles. The summed E-state index contributed by atoms with van der Waals surface area (Å²) in [7, 11) is 0. The van der Waals surface area contributed by atoms with Crippen molar-refractivity contribution in [1.82, 2.24) is 4.57 Å². The van der Waals surface area contributed by atoms with Gasteiger partial charge in [-0.3, -0.25) is 4.79 Å². The monoisotopic (exact) mass is 348 g/mol. The molecule has 0 fully saturated rings. The third-order valence-corrected chi connectivity index (χ3v) is 4.30. The Kier molecular flexibility index (Phi) is 4.63. The number of anilines is 1. The van der Waals surface area contributed by atoms with Crippen molar-refractivity contribution in [1.29, 1.82) is 0 Å². The van der Waals surface area contributed by atoms with Crippen LogP contribution in [0, 0.1) is 13.8 Å². The third kappa shape index (κ3) is 3.24. The second-order valence-electron chi connectivity index (χ2n) is 6.20. The number of rotatable bonds is 4. The number of hydrogen-bond donors (Lipinski definition) is 2. The first-order valence-electron chi connectivity index (χ1n) is 8.28. The van der Waals surface area contributed by atoms with E-state index < -0.39 is 5.97 Å². The van der Waals surface area contributed by atoms with Crippen LogP contribution in [-0.4, -0.2) is 21.6 Å². The number of carbonyl (C=O) groups is 2. The molecule has 0 atom stereocenters. The number of carbonyl (C=O) groups excluding carboxylic acids is 1. The smallest absolute Gasteiger partial charge is 0.337 e. The van der Waals surface area contributed by atoms with Gasteiger partial charge in [0, 0.05) is 29.6 Å². The molecule has 2 aromatic carbocycles. The fourth-order valence-electron chi connectivity index (χ4n) is 3.23. The number of nitrogens with zero attached hydrogens (tertiary/aromatic N) is 1. The summed E-state index contributed by atoms with van der Waals surface area (Å²) in [6.45, 7) is 5.17. The Morgan fingerprint density at radius 3 is 2.38 bits per heavy atom. The number of aromatic carboxylic acids is 1. The number of benzene rings is 2. The Morgan fingerprint density at radius 1 is 1.00 bits per heavy atom. The average molecular weight is 348 g/mol. The van der Waals surface area contributed by atoms with E-state index in [0.717, 1.165) is 28.2 Å². The van der Waals surface area contributed by atoms with Crippen molar-refractivity contribution < 1.29 is 14.7 Å². The van der Waals surface area contributed by atoms with Gasteiger partial charge in [0.2, 0.25) is 5.91 Å². The van der Waals surface area contributed by atoms with Crippen LogP contribution < -0.4 is 5.32 Å². The van der Waals surface area contributed by atoms with Crippen LogP contribution >= 0.6 is 0 Å². The molecule has 5 heteroatoms. The number of hydrogen-bond acceptors (Lipinski definition) is 2. The number of carboxylic acids is 1. The van der Waals surface area contributed by atoms with Crippen LogP contribution in [0.25, 0.3) is 16.8 Å². The first-order chi connectivity index (χ1) is 12.4. The highest BCUT2D eigenvalue weighted by Gasteiger charge is 2.18. The molecular weight excluding hydrogens is 328 g/mol. The number of aromatic nitrogens is 1. The maximum atomic E-state index is 11.5. The summed E-state index contributed by atoms with van der Waals surface area (Å²) in [4.78, 5) is 22.8. The topological polar surface area (TPSA) is 71.3 Å². The van der Waals surface area contributed by atoms with Gasteiger partial charge in [-0.2, -0.15) is 0 Å². The Balaban J connectivity index is 2.17. The summed E-state index contributed by atoms with van der Waals surface area (Å²) in [6.07, 6.45) is 0. The molecule has 0 aliphatic carbocycles. The zero-order valence-electron chi connectivity index (χ0n) is 14.9. The molecule has 0 radical (unpaired) electrons. The lowest BCUT2D eigenvalue weighted by Crippen LogP contribution is -2.06. The fourth-order valence-corrected chi connectivity index (χ4v) is 3.23. The zero-order valence-corrected chi connectivity index (χ0v) is 14.9. The summed E-state index contributed by atoms with van der Waals surface area (Å²) in [5.74, 6) is -1.06. The lowest BCUT2D eigenvalue weighted by Gasteiger charge is -2.16. The van der Waals surface area contributed by atoms with Crippen molar-refractivity contribution in [3.8, 4) is 16.8 Å². The molecule has 2 N–H and O–H groups in total. The highest BCUT2D eigenvalue weighted by Crippen LogP contribution is 2.31. The van der Waals surface area contributed by atoms with Gasteiger partial charge in [0.1, 0.15) is 0 Å². The first-order valence-corrected chi connectivity index (χ1v) is 8.28. The first kappa shape index (κ1) is 17.5. The Labute approximate surface area is 151 Å². The van der Waals surface area contributed by atoms with Crippen molar-refractivity contribution >= 4 is 17.6 Å². The van der Waals surface area contributed by atoms with Gasteiger partial charge in [0.25, 0.3) is 0 Å². The molecule has 1 amide bonds. The standard InChI is InChI=1S/C21H20N2O3/c1-13-11-19(21(25)26)14(2)23(13)20-10-5-4-9-18(20)16-7-6-8-17(12-16)22-15(3)24/h4-12H,1-3H3,(H,22,24)(H,25,26). The maximum Gasteiger partial charge on any atom is 0.337 e. The van der Waals surface area contributed by atoms with E-state index in [4.69, 9.17) is 0 Å². The molecule has 26 heavy (non-hydrogen) atoms. The zero-order chi connectivity index (χ0) is 18.8. The Hall–Kier alpha value is -3.34. The largest absolute Gasteiger partial charge is 0.478 e. The quantitative estimate of drug-likeness (QED) is 0.733. The molecule has 5 nitrogen and oxygen atoms in total. The van der Waals surface area contributed by atoms with Crippen LogP contribution in [0.4, 0.5) is 5.69 Å². The lowest BCUT2D eigenvalue weighted by molar-refractivity contribution is -0.114. The predicted molar refractivity (Wildman–Crippen MR) is 102 cm³/mol. The third-order valence-electron chi connectivity index (χ3n) is 4.30. The minimum atomic E-state index is -0.936. The number of amides is 1. The Bertz CT molecular complexity index is 1000. The predicted octanol–water partition coefficient (Wildman–Crippen LogP) is 4.42. The van der Waals surface area contributed by atoms with Gasteiger partial charge in [-0.15, -0.1) is 0 Å². The van der Waals surface area contributed by atoms with E-state index in [1.807, 2.05) is 60.0 Å². The van der Waals surface area contributed by atoms with Gasteiger partial charge in [-0.05, 0) is 43.7 Å². The number of carboxylic acid groups (broad SMARTS) is 1. The van der Waals surface area contributed by atoms with Gasteiger partial charge < -0.3 is 15.0 Å². The molecule has 0 bridgehead atoms. The van der Waals surface area contributed by atoms with Crippen molar-refractivity contribution in [2.24, 2.45) is 0 Å². The van der Waals surface area contributed by atoms with Crippen LogP contribution in [0.15, 0.2) is 54.6 Å². The summed E-state index contributed by atoms with van der Waals surface area (Å²) in [5.41, 5.74) is 5.34. The molecule has 1 heterocycles. The minimum Gasteiger partial charge on any atom is -0.478 e. The van der Waals surface area contributed by atoms with E-state index >= 15 is 0 Å². The fraction of sp³-hybridized carbons (Fsp3) is 0.143. The van der Waals surface area contributed by atoms with E-state index in [1.165, 1.54) is 6.92 Å². The van der Waals surface area contributed by atoms with Crippen LogP contribution in [0.2, 0.25) is 0 Å². The lowest BCUT2D eigenvalue weighted by atomic mass is 10.0. The molecule has 0 aliphatic heterocycles.